The molecule has 0 aromatic heterocycles. The minimum atomic E-state index is -0.163. The molecule has 0 spiro atoms. The Morgan fingerprint density at radius 1 is 1.82 bits per heavy atom. The third kappa shape index (κ3) is 1.70. The van der Waals surface area contributed by atoms with Gasteiger partial charge in [0.25, 0.3) is 0 Å². The zero-order chi connectivity index (χ0) is 8.43. The molecule has 60 valence electrons. The Labute approximate surface area is 66.2 Å². The number of ketones is 1. The van der Waals surface area contributed by atoms with E-state index in [9.17, 15) is 4.79 Å². The number of carbonyl (C=O) groups is 1. The summed E-state index contributed by atoms with van der Waals surface area (Å²) in [6.45, 7) is 5.69. The molecule has 1 rings (SSSR count). The van der Waals surface area contributed by atoms with Crippen molar-refractivity contribution in [1.29, 1.82) is 0 Å². The maximum Gasteiger partial charge on any atom is 0.197 e. The van der Waals surface area contributed by atoms with E-state index in [0.717, 1.165) is 12.0 Å². The standard InChI is InChI=1S/C9H12O2/c1-6(2)7-3-4-8(10)9(11)5-7/h4,7,10H,1,3,5H2,2H3. The van der Waals surface area contributed by atoms with Gasteiger partial charge in [-0.05, 0) is 25.3 Å². The van der Waals surface area contributed by atoms with Crippen molar-refractivity contribution in [3.63, 3.8) is 0 Å². The molecule has 2 nitrogen and oxygen atoms in total. The minimum absolute atomic E-state index is 0.0810. The fraction of sp³-hybridized carbons (Fsp3) is 0.444. The minimum Gasteiger partial charge on any atom is -0.505 e. The predicted octanol–water partition coefficient (Wildman–Crippen LogP) is 1.98. The summed E-state index contributed by atoms with van der Waals surface area (Å²) in [6.07, 6.45) is 2.73. The highest BCUT2D eigenvalue weighted by Crippen LogP contribution is 2.24. The molecule has 0 amide bonds. The highest BCUT2D eigenvalue weighted by atomic mass is 16.3. The maximum atomic E-state index is 10.9. The first-order valence-electron chi connectivity index (χ1n) is 3.69. The molecule has 1 unspecified atom stereocenters. The quantitative estimate of drug-likeness (QED) is 0.583. The van der Waals surface area contributed by atoms with Gasteiger partial charge in [-0.15, -0.1) is 0 Å². The summed E-state index contributed by atoms with van der Waals surface area (Å²) < 4.78 is 0. The Morgan fingerprint density at radius 2 is 2.45 bits per heavy atom. The molecule has 1 atom stereocenters. The third-order valence-electron chi connectivity index (χ3n) is 2.01. The fourth-order valence-electron chi connectivity index (χ4n) is 1.15. The molecule has 0 aliphatic heterocycles. The van der Waals surface area contributed by atoms with E-state index in [1.54, 1.807) is 6.08 Å². The Morgan fingerprint density at radius 3 is 2.91 bits per heavy atom. The Balaban J connectivity index is 2.70. The van der Waals surface area contributed by atoms with Gasteiger partial charge < -0.3 is 5.11 Å². The van der Waals surface area contributed by atoms with Crippen molar-refractivity contribution in [3.05, 3.63) is 24.0 Å². The number of rotatable bonds is 1. The van der Waals surface area contributed by atoms with Crippen LogP contribution in [0.3, 0.4) is 0 Å². The molecule has 0 saturated carbocycles. The summed E-state index contributed by atoms with van der Waals surface area (Å²) in [6, 6.07) is 0. The number of Topliss-reactive ketones (excluding diaryl/α,β-unsaturated/α-hetero) is 1. The average Bonchev–Trinajstić information content (AvgIpc) is 1.94. The van der Waals surface area contributed by atoms with Crippen LogP contribution in [-0.2, 0) is 4.79 Å². The van der Waals surface area contributed by atoms with Gasteiger partial charge in [0.2, 0.25) is 0 Å². The van der Waals surface area contributed by atoms with Gasteiger partial charge in [0, 0.05) is 6.42 Å². The van der Waals surface area contributed by atoms with Crippen LogP contribution >= 0.6 is 0 Å². The lowest BCUT2D eigenvalue weighted by Gasteiger charge is -2.17. The fourth-order valence-corrected chi connectivity index (χ4v) is 1.15. The van der Waals surface area contributed by atoms with Crippen LogP contribution in [-0.4, -0.2) is 10.9 Å². The van der Waals surface area contributed by atoms with Gasteiger partial charge in [-0.1, -0.05) is 12.2 Å². The van der Waals surface area contributed by atoms with E-state index in [4.69, 9.17) is 5.11 Å². The van der Waals surface area contributed by atoms with Crippen LogP contribution < -0.4 is 0 Å². The molecular weight excluding hydrogens is 140 g/mol. The van der Waals surface area contributed by atoms with Crippen molar-refractivity contribution in [2.45, 2.75) is 19.8 Å². The van der Waals surface area contributed by atoms with E-state index < -0.39 is 0 Å². The molecule has 1 N–H and O–H groups in total. The first-order chi connectivity index (χ1) is 5.11. The van der Waals surface area contributed by atoms with Gasteiger partial charge in [0.15, 0.2) is 11.5 Å². The number of hydrogen-bond donors (Lipinski definition) is 1. The highest BCUT2D eigenvalue weighted by molar-refractivity contribution is 5.94. The normalized spacial score (nSPS) is 24.6. The lowest BCUT2D eigenvalue weighted by molar-refractivity contribution is -0.119. The first kappa shape index (κ1) is 8.05. The van der Waals surface area contributed by atoms with Gasteiger partial charge in [0.05, 0.1) is 0 Å². The molecule has 0 aromatic carbocycles. The zero-order valence-electron chi connectivity index (χ0n) is 6.63. The molecule has 0 bridgehead atoms. The maximum absolute atomic E-state index is 10.9. The van der Waals surface area contributed by atoms with Gasteiger partial charge in [0.1, 0.15) is 0 Å². The number of aliphatic hydroxyl groups is 1. The topological polar surface area (TPSA) is 37.3 Å². The average molecular weight is 152 g/mol. The summed E-state index contributed by atoms with van der Waals surface area (Å²) >= 11 is 0. The first-order valence-corrected chi connectivity index (χ1v) is 3.69. The van der Waals surface area contributed by atoms with Gasteiger partial charge in [-0.25, -0.2) is 0 Å². The molecule has 0 heterocycles. The summed E-state index contributed by atoms with van der Waals surface area (Å²) in [7, 11) is 0. The zero-order valence-corrected chi connectivity index (χ0v) is 6.63. The summed E-state index contributed by atoms with van der Waals surface area (Å²) in [5.74, 6) is -0.00912. The SMILES string of the molecule is C=C(C)C1CC=C(O)C(=O)C1. The van der Waals surface area contributed by atoms with Crippen molar-refractivity contribution in [2.75, 3.05) is 0 Å². The van der Waals surface area contributed by atoms with Crippen LogP contribution in [0.25, 0.3) is 0 Å². The number of hydrogen-bond acceptors (Lipinski definition) is 2. The Hall–Kier alpha value is -1.05. The van der Waals surface area contributed by atoms with E-state index in [1.807, 2.05) is 6.92 Å². The molecule has 0 aromatic rings. The van der Waals surface area contributed by atoms with E-state index in [2.05, 4.69) is 6.58 Å². The molecular formula is C9H12O2. The van der Waals surface area contributed by atoms with Gasteiger partial charge in [-0.3, -0.25) is 4.79 Å². The van der Waals surface area contributed by atoms with Crippen molar-refractivity contribution in [1.82, 2.24) is 0 Å². The molecule has 1 aliphatic rings. The monoisotopic (exact) mass is 152 g/mol. The Bertz CT molecular complexity index is 226. The lowest BCUT2D eigenvalue weighted by Crippen LogP contribution is -2.15. The molecule has 0 radical (unpaired) electrons. The second-order valence-corrected chi connectivity index (χ2v) is 3.00. The van der Waals surface area contributed by atoms with Crippen LogP contribution in [0.2, 0.25) is 0 Å². The Kier molecular flexibility index (Phi) is 2.13. The number of allylic oxidation sites excluding steroid dienone is 3. The van der Waals surface area contributed by atoms with E-state index in [-0.39, 0.29) is 17.5 Å². The summed E-state index contributed by atoms with van der Waals surface area (Å²) in [5.41, 5.74) is 1.02. The number of aliphatic hydroxyl groups excluding tert-OH is 1. The summed E-state index contributed by atoms with van der Waals surface area (Å²) in [4.78, 5) is 10.9. The van der Waals surface area contributed by atoms with Crippen LogP contribution in [0.5, 0.6) is 0 Å². The van der Waals surface area contributed by atoms with Crippen molar-refractivity contribution in [3.8, 4) is 0 Å². The van der Waals surface area contributed by atoms with E-state index in [1.165, 1.54) is 0 Å². The van der Waals surface area contributed by atoms with Gasteiger partial charge in [-0.2, -0.15) is 0 Å². The van der Waals surface area contributed by atoms with Crippen molar-refractivity contribution >= 4 is 5.78 Å². The molecule has 0 fully saturated rings. The molecule has 2 heteroatoms. The molecule has 11 heavy (non-hydrogen) atoms. The van der Waals surface area contributed by atoms with Crippen LogP contribution in [0.15, 0.2) is 24.0 Å². The van der Waals surface area contributed by atoms with Crippen molar-refractivity contribution in [2.24, 2.45) is 5.92 Å². The smallest absolute Gasteiger partial charge is 0.197 e. The van der Waals surface area contributed by atoms with Gasteiger partial charge >= 0.3 is 0 Å². The van der Waals surface area contributed by atoms with Crippen LogP contribution in [0.4, 0.5) is 0 Å². The van der Waals surface area contributed by atoms with E-state index >= 15 is 0 Å². The second kappa shape index (κ2) is 2.91. The van der Waals surface area contributed by atoms with Crippen molar-refractivity contribution < 1.29 is 9.90 Å². The third-order valence-corrected chi connectivity index (χ3v) is 2.01. The predicted molar refractivity (Wildman–Crippen MR) is 43.3 cm³/mol. The largest absolute Gasteiger partial charge is 0.505 e. The highest BCUT2D eigenvalue weighted by Gasteiger charge is 2.21. The van der Waals surface area contributed by atoms with Crippen LogP contribution in [0.1, 0.15) is 19.8 Å². The molecule has 1 aliphatic carbocycles. The lowest BCUT2D eigenvalue weighted by atomic mass is 9.88. The summed E-state index contributed by atoms with van der Waals surface area (Å²) in [5, 5.41) is 8.96. The number of carbonyl (C=O) groups excluding carboxylic acids is 1. The molecule has 0 saturated heterocycles. The second-order valence-electron chi connectivity index (χ2n) is 3.00. The van der Waals surface area contributed by atoms with E-state index in [0.29, 0.717) is 6.42 Å². The van der Waals surface area contributed by atoms with Crippen LogP contribution in [0, 0.1) is 5.92 Å².